The molecule has 0 N–H and O–H groups in total. The van der Waals surface area contributed by atoms with E-state index in [0.717, 1.165) is 0 Å². The van der Waals surface area contributed by atoms with E-state index < -0.39 is 11.9 Å². The lowest BCUT2D eigenvalue weighted by Gasteiger charge is -2.39. The first-order chi connectivity index (χ1) is 33.1. The van der Waals surface area contributed by atoms with E-state index in [1.807, 2.05) is 0 Å². The third kappa shape index (κ3) is 54.2. The molecule has 0 saturated heterocycles. The summed E-state index contributed by atoms with van der Waals surface area (Å²) in [4.78, 5) is 19.5. The number of unbranched alkanes of at least 4 members (excludes halogenated alkanes) is 33. The number of rotatable bonds is 53. The molecule has 0 radical (unpaired) electrons. The molecule has 6 nitrogen and oxygen atoms in total. The van der Waals surface area contributed by atoms with E-state index in [1.165, 1.54) is 318 Å². The van der Waals surface area contributed by atoms with Crippen molar-refractivity contribution in [2.75, 3.05) is 52.4 Å². The Hall–Kier alpha value is -1.14. The summed E-state index contributed by atoms with van der Waals surface area (Å²) < 4.78 is 2.90. The largest absolute Gasteiger partial charge is 0.550 e. The number of carboxylic acids is 2. The molecule has 0 aromatic rings. The van der Waals surface area contributed by atoms with Gasteiger partial charge < -0.3 is 28.8 Å². The van der Waals surface area contributed by atoms with E-state index in [2.05, 4.69) is 55.4 Å². The predicted octanol–water partition coefficient (Wildman–Crippen LogP) is 17.4. The Labute approximate surface area is 429 Å². The van der Waals surface area contributed by atoms with Gasteiger partial charge in [-0.3, -0.25) is 0 Å². The Kier molecular flexibility index (Phi) is 61.1. The van der Waals surface area contributed by atoms with Crippen LogP contribution in [0.1, 0.15) is 338 Å². The minimum absolute atomic E-state index is 0.0761. The van der Waals surface area contributed by atoms with Crippen molar-refractivity contribution in [1.82, 2.24) is 0 Å². The molecule has 0 bridgehead atoms. The second-order valence-electron chi connectivity index (χ2n) is 21.7. The lowest BCUT2D eigenvalue weighted by atomic mass is 10.1. The molecule has 0 rings (SSSR count). The van der Waals surface area contributed by atoms with Gasteiger partial charge in [-0.1, -0.05) is 235 Å². The van der Waals surface area contributed by atoms with Gasteiger partial charge in [-0.2, -0.15) is 0 Å². The lowest BCUT2D eigenvalue weighted by molar-refractivity contribution is -0.929. The van der Waals surface area contributed by atoms with E-state index in [9.17, 15) is 19.8 Å². The van der Waals surface area contributed by atoms with Crippen LogP contribution in [0.2, 0.25) is 0 Å². The van der Waals surface area contributed by atoms with Gasteiger partial charge in [0.25, 0.3) is 0 Å². The molecular formula is C62H128N2O4. The fourth-order valence-corrected chi connectivity index (χ4v) is 10.2. The number of carbonyl (C=O) groups is 2. The number of nitrogens with zero attached hydrogens (tertiary/aromatic N) is 2. The number of quaternary nitrogens is 2. The molecule has 0 aliphatic heterocycles. The molecule has 6 heteroatoms. The Morgan fingerprint density at radius 3 is 0.529 bits per heavy atom. The minimum atomic E-state index is -1.14. The number of hydrogen-bond donors (Lipinski definition) is 0. The second kappa shape index (κ2) is 58.4. The molecule has 0 aromatic carbocycles. The third-order valence-electron chi connectivity index (χ3n) is 14.9. The van der Waals surface area contributed by atoms with E-state index in [4.69, 9.17) is 0 Å². The Bertz CT molecular complexity index is 836. The molecule has 0 saturated carbocycles. The summed E-state index contributed by atoms with van der Waals surface area (Å²) in [5.41, 5.74) is 0. The summed E-state index contributed by atoms with van der Waals surface area (Å²) in [7, 11) is 0. The molecule has 0 aromatic heterocycles. The number of aliphatic carboxylic acids is 2. The SMILES string of the molecule is CCCCCCCCCC[N+](CCCC)(CCCC)CCCCCCCCCC.CCCCCCCCCC[N+](CCCC)(CCCC)CCCCCCCCCC.O=C([O-])CCCCC(=O)[O-]. The van der Waals surface area contributed by atoms with Crippen LogP contribution in [0, 0.1) is 0 Å². The molecule has 0 heterocycles. The molecule has 0 atom stereocenters. The fraction of sp³-hybridized carbons (Fsp3) is 0.968. The maximum absolute atomic E-state index is 9.77. The van der Waals surface area contributed by atoms with Gasteiger partial charge >= 0.3 is 0 Å². The van der Waals surface area contributed by atoms with Gasteiger partial charge in [0.1, 0.15) is 0 Å². The highest BCUT2D eigenvalue weighted by atomic mass is 16.4. The van der Waals surface area contributed by atoms with Crippen LogP contribution in [0.25, 0.3) is 0 Å². The number of hydrogen-bond acceptors (Lipinski definition) is 4. The average molecular weight is 966 g/mol. The average Bonchev–Trinajstić information content (AvgIpc) is 3.33. The van der Waals surface area contributed by atoms with Crippen molar-refractivity contribution >= 4 is 11.9 Å². The first-order valence-corrected chi connectivity index (χ1v) is 31.2. The van der Waals surface area contributed by atoms with Gasteiger partial charge in [-0.15, -0.1) is 0 Å². The highest BCUT2D eigenvalue weighted by Gasteiger charge is 2.26. The highest BCUT2D eigenvalue weighted by Crippen LogP contribution is 2.21. The maximum atomic E-state index is 9.77. The van der Waals surface area contributed by atoms with E-state index >= 15 is 0 Å². The summed E-state index contributed by atoms with van der Waals surface area (Å²) in [6, 6.07) is 0. The van der Waals surface area contributed by atoms with Gasteiger partial charge in [0.2, 0.25) is 0 Å². The van der Waals surface area contributed by atoms with Crippen LogP contribution in [-0.4, -0.2) is 73.3 Å². The normalized spacial score (nSPS) is 11.6. The fourth-order valence-electron chi connectivity index (χ4n) is 10.2. The minimum Gasteiger partial charge on any atom is -0.550 e. The smallest absolute Gasteiger partial charge is 0.0786 e. The Morgan fingerprint density at radius 2 is 0.368 bits per heavy atom. The van der Waals surface area contributed by atoms with Gasteiger partial charge in [-0.25, -0.2) is 0 Å². The second-order valence-corrected chi connectivity index (χ2v) is 21.7. The molecule has 0 unspecified atom stereocenters. The Balaban J connectivity index is -0.00000103. The van der Waals surface area contributed by atoms with Gasteiger partial charge in [0.15, 0.2) is 0 Å². The van der Waals surface area contributed by atoms with Crippen molar-refractivity contribution in [2.24, 2.45) is 0 Å². The van der Waals surface area contributed by atoms with E-state index in [-0.39, 0.29) is 12.8 Å². The topological polar surface area (TPSA) is 80.3 Å². The molecule has 410 valence electrons. The molecule has 68 heavy (non-hydrogen) atoms. The lowest BCUT2D eigenvalue weighted by Crippen LogP contribution is -2.50. The zero-order chi connectivity index (χ0) is 50.9. The zero-order valence-corrected chi connectivity index (χ0v) is 48.3. The summed E-state index contributed by atoms with van der Waals surface area (Å²) in [5, 5.41) is 19.5. The summed E-state index contributed by atoms with van der Waals surface area (Å²) >= 11 is 0. The van der Waals surface area contributed by atoms with Crippen molar-refractivity contribution in [2.45, 2.75) is 338 Å². The Morgan fingerprint density at radius 1 is 0.221 bits per heavy atom. The summed E-state index contributed by atoms with van der Waals surface area (Å²) in [5.74, 6) is -2.28. The van der Waals surface area contributed by atoms with Crippen LogP contribution in [0.5, 0.6) is 0 Å². The van der Waals surface area contributed by atoms with Crippen LogP contribution >= 0.6 is 0 Å². The van der Waals surface area contributed by atoms with Gasteiger partial charge in [0, 0.05) is 11.9 Å². The first-order valence-electron chi connectivity index (χ1n) is 31.2. The van der Waals surface area contributed by atoms with E-state index in [1.54, 1.807) is 0 Å². The monoisotopic (exact) mass is 965 g/mol. The summed E-state index contributed by atoms with van der Waals surface area (Å²) in [6.07, 6.45) is 58.2. The van der Waals surface area contributed by atoms with Crippen LogP contribution in [-0.2, 0) is 9.59 Å². The number of carbonyl (C=O) groups excluding carboxylic acids is 2. The van der Waals surface area contributed by atoms with Gasteiger partial charge in [-0.05, 0) is 103 Å². The van der Waals surface area contributed by atoms with Crippen LogP contribution in [0.4, 0.5) is 0 Å². The third-order valence-corrected chi connectivity index (χ3v) is 14.9. The van der Waals surface area contributed by atoms with Crippen molar-refractivity contribution in [1.29, 1.82) is 0 Å². The summed E-state index contributed by atoms with van der Waals surface area (Å²) in [6.45, 7) is 30.4. The molecule has 0 aliphatic rings. The van der Waals surface area contributed by atoms with Crippen molar-refractivity contribution < 1.29 is 28.8 Å². The molecule has 0 aliphatic carbocycles. The first kappa shape index (κ1) is 71.1. The zero-order valence-electron chi connectivity index (χ0n) is 48.3. The number of carboxylic acid groups (broad SMARTS) is 2. The molecular weight excluding hydrogens is 837 g/mol. The molecule has 0 spiro atoms. The van der Waals surface area contributed by atoms with Gasteiger partial charge in [0.05, 0.1) is 52.4 Å². The van der Waals surface area contributed by atoms with Crippen LogP contribution in [0.3, 0.4) is 0 Å². The highest BCUT2D eigenvalue weighted by molar-refractivity contribution is 5.65. The van der Waals surface area contributed by atoms with Crippen LogP contribution in [0.15, 0.2) is 0 Å². The molecule has 0 amide bonds. The van der Waals surface area contributed by atoms with Crippen LogP contribution < -0.4 is 10.2 Å². The quantitative estimate of drug-likeness (QED) is 0.0449. The standard InChI is InChI=1S/2C28H60N.C6H10O4/c2*1-5-9-13-15-17-19-21-23-27-29(25-11-7-3,26-12-8-4)28-24-22-20-18-16-14-10-6-2;7-5(8)3-1-2-4-6(9)10/h2*5-28H2,1-4H3;1-4H2,(H,7,8)(H,9,10)/q2*+1;/p-2. The predicted molar refractivity (Wildman–Crippen MR) is 298 cm³/mol. The molecule has 0 fully saturated rings. The van der Waals surface area contributed by atoms with E-state index in [0.29, 0.717) is 12.8 Å². The van der Waals surface area contributed by atoms with Crippen molar-refractivity contribution in [3.63, 3.8) is 0 Å². The van der Waals surface area contributed by atoms with Crippen molar-refractivity contribution in [3.8, 4) is 0 Å². The van der Waals surface area contributed by atoms with Crippen molar-refractivity contribution in [3.05, 3.63) is 0 Å². The maximum Gasteiger partial charge on any atom is 0.0786 e.